The van der Waals surface area contributed by atoms with E-state index in [1.54, 1.807) is 7.11 Å². The molecule has 90 valence electrons. The molecule has 0 aliphatic carbocycles. The Hall–Kier alpha value is -2.04. The third-order valence-electron chi connectivity index (χ3n) is 2.51. The molecule has 0 atom stereocenters. The lowest BCUT2D eigenvalue weighted by Gasteiger charge is -2.04. The van der Waals surface area contributed by atoms with E-state index in [1.165, 1.54) is 0 Å². The molecule has 0 fully saturated rings. The van der Waals surface area contributed by atoms with Crippen molar-refractivity contribution in [2.24, 2.45) is 10.1 Å². The van der Waals surface area contributed by atoms with E-state index >= 15 is 0 Å². The van der Waals surface area contributed by atoms with Gasteiger partial charge in [0.15, 0.2) is 0 Å². The lowest BCUT2D eigenvalue weighted by Crippen LogP contribution is -2.30. The summed E-state index contributed by atoms with van der Waals surface area (Å²) in [6, 6.07) is 7.78. The van der Waals surface area contributed by atoms with E-state index in [0.717, 1.165) is 36.1 Å². The van der Waals surface area contributed by atoms with Gasteiger partial charge in [-0.1, -0.05) is 0 Å². The second-order valence-corrected chi connectivity index (χ2v) is 3.69. The number of rotatable bonds is 3. The van der Waals surface area contributed by atoms with E-state index < -0.39 is 0 Å². The van der Waals surface area contributed by atoms with Crippen LogP contribution in [0, 0.1) is 0 Å². The molecule has 1 aliphatic heterocycles. The molecule has 17 heavy (non-hydrogen) atoms. The van der Waals surface area contributed by atoms with Gasteiger partial charge in [-0.25, -0.2) is 10.4 Å². The van der Waals surface area contributed by atoms with Gasteiger partial charge in [-0.15, -0.1) is 0 Å². The largest absolute Gasteiger partial charge is 0.497 e. The number of nitrogens with one attached hydrogen (secondary N) is 2. The van der Waals surface area contributed by atoms with Crippen molar-refractivity contribution < 1.29 is 4.74 Å². The summed E-state index contributed by atoms with van der Waals surface area (Å²) in [7, 11) is 1.65. The van der Waals surface area contributed by atoms with E-state index in [1.807, 2.05) is 31.2 Å². The summed E-state index contributed by atoms with van der Waals surface area (Å²) in [5, 5.41) is 7.36. The Morgan fingerprint density at radius 1 is 1.41 bits per heavy atom. The minimum Gasteiger partial charge on any atom is -0.497 e. The van der Waals surface area contributed by atoms with Gasteiger partial charge in [-0.2, -0.15) is 5.10 Å². The molecule has 0 radical (unpaired) electrons. The van der Waals surface area contributed by atoms with E-state index in [2.05, 4.69) is 20.8 Å². The molecule has 1 aromatic carbocycles. The molecule has 0 unspecified atom stereocenters. The zero-order valence-corrected chi connectivity index (χ0v) is 10.0. The van der Waals surface area contributed by atoms with E-state index in [-0.39, 0.29) is 0 Å². The van der Waals surface area contributed by atoms with E-state index in [9.17, 15) is 0 Å². The molecule has 1 heterocycles. The van der Waals surface area contributed by atoms with Crippen molar-refractivity contribution in [3.05, 3.63) is 29.8 Å². The Kier molecular flexibility index (Phi) is 3.59. The highest BCUT2D eigenvalue weighted by molar-refractivity contribution is 5.99. The van der Waals surface area contributed by atoms with Gasteiger partial charge in [0.2, 0.25) is 5.96 Å². The third-order valence-corrected chi connectivity index (χ3v) is 2.51. The summed E-state index contributed by atoms with van der Waals surface area (Å²) in [5.74, 6) is 1.58. The molecule has 1 aromatic rings. The average molecular weight is 232 g/mol. The molecule has 0 bridgehead atoms. The van der Waals surface area contributed by atoms with Crippen LogP contribution in [0.5, 0.6) is 5.75 Å². The van der Waals surface area contributed by atoms with Gasteiger partial charge in [0.25, 0.3) is 0 Å². The zero-order chi connectivity index (χ0) is 12.1. The monoisotopic (exact) mass is 232 g/mol. The molecular formula is C12H16N4O. The Bertz CT molecular complexity index is 436. The van der Waals surface area contributed by atoms with Crippen molar-refractivity contribution in [3.63, 3.8) is 0 Å². The highest BCUT2D eigenvalue weighted by Gasteiger charge is 2.03. The molecule has 0 spiro atoms. The van der Waals surface area contributed by atoms with Crippen LogP contribution >= 0.6 is 0 Å². The fourth-order valence-corrected chi connectivity index (χ4v) is 1.51. The molecule has 0 aromatic heterocycles. The zero-order valence-electron chi connectivity index (χ0n) is 10.0. The van der Waals surface area contributed by atoms with Crippen LogP contribution < -0.4 is 15.5 Å². The first-order valence-corrected chi connectivity index (χ1v) is 5.52. The van der Waals surface area contributed by atoms with Gasteiger partial charge in [-0.05, 0) is 36.8 Å². The van der Waals surface area contributed by atoms with Crippen LogP contribution in [0.2, 0.25) is 0 Å². The number of ether oxygens (including phenoxy) is 1. The molecule has 2 N–H and O–H groups in total. The highest BCUT2D eigenvalue weighted by atomic mass is 16.5. The van der Waals surface area contributed by atoms with Crippen molar-refractivity contribution in [1.29, 1.82) is 0 Å². The summed E-state index contributed by atoms with van der Waals surface area (Å²) in [5.41, 5.74) is 4.86. The summed E-state index contributed by atoms with van der Waals surface area (Å²) in [6.45, 7) is 3.63. The van der Waals surface area contributed by atoms with Crippen LogP contribution in [0.3, 0.4) is 0 Å². The predicted octanol–water partition coefficient (Wildman–Crippen LogP) is 0.968. The van der Waals surface area contributed by atoms with Crippen LogP contribution in [0.4, 0.5) is 0 Å². The van der Waals surface area contributed by atoms with Gasteiger partial charge in [0.05, 0.1) is 19.4 Å². The number of benzene rings is 1. The topological polar surface area (TPSA) is 58.0 Å². The Balaban J connectivity index is 2.02. The standard InChI is InChI=1S/C12H16N4O/c1-9(15-16-12-13-7-8-14-12)10-3-5-11(17-2)6-4-10/h3-6H,7-8H2,1-2H3,(H2,13,14,16)/b15-9+. The lowest BCUT2D eigenvalue weighted by molar-refractivity contribution is 0.415. The summed E-state index contributed by atoms with van der Waals surface area (Å²) < 4.78 is 5.11. The fourth-order valence-electron chi connectivity index (χ4n) is 1.51. The molecule has 5 nitrogen and oxygen atoms in total. The number of hydrogen-bond donors (Lipinski definition) is 2. The maximum Gasteiger partial charge on any atom is 0.212 e. The van der Waals surface area contributed by atoms with Crippen molar-refractivity contribution in [3.8, 4) is 5.75 Å². The minimum absolute atomic E-state index is 0.734. The molecule has 5 heteroatoms. The molecule has 1 aliphatic rings. The van der Waals surface area contributed by atoms with E-state index in [4.69, 9.17) is 4.74 Å². The quantitative estimate of drug-likeness (QED) is 0.603. The highest BCUT2D eigenvalue weighted by Crippen LogP contribution is 2.11. The number of hydrogen-bond acceptors (Lipinski definition) is 5. The molecule has 0 saturated heterocycles. The Labute approximate surface area is 101 Å². The van der Waals surface area contributed by atoms with Gasteiger partial charge in [-0.3, -0.25) is 0 Å². The number of hydrazone groups is 1. The smallest absolute Gasteiger partial charge is 0.212 e. The maximum absolute atomic E-state index is 5.11. The summed E-state index contributed by atoms with van der Waals surface area (Å²) >= 11 is 0. The fraction of sp³-hybridized carbons (Fsp3) is 0.333. The molecule has 0 saturated carbocycles. The lowest BCUT2D eigenvalue weighted by atomic mass is 10.1. The predicted molar refractivity (Wildman–Crippen MR) is 68.6 cm³/mol. The SMILES string of the molecule is COc1ccc(/C(C)=N/NC2=NCCN2)cc1. The van der Waals surface area contributed by atoms with Crippen molar-refractivity contribution >= 4 is 11.7 Å². The number of nitrogens with zero attached hydrogens (tertiary/aromatic N) is 2. The van der Waals surface area contributed by atoms with Crippen LogP contribution in [-0.4, -0.2) is 31.9 Å². The summed E-state index contributed by atoms with van der Waals surface area (Å²) in [6.07, 6.45) is 0. The van der Waals surface area contributed by atoms with Gasteiger partial charge in [0.1, 0.15) is 5.75 Å². The van der Waals surface area contributed by atoms with Crippen LogP contribution in [0.15, 0.2) is 34.4 Å². The second kappa shape index (κ2) is 5.34. The number of guanidine groups is 1. The van der Waals surface area contributed by atoms with E-state index in [0.29, 0.717) is 0 Å². The molecule has 2 rings (SSSR count). The molecule has 0 amide bonds. The Morgan fingerprint density at radius 3 is 2.76 bits per heavy atom. The van der Waals surface area contributed by atoms with Gasteiger partial charge < -0.3 is 10.1 Å². The van der Waals surface area contributed by atoms with Crippen molar-refractivity contribution in [2.45, 2.75) is 6.92 Å². The van der Waals surface area contributed by atoms with Gasteiger partial charge >= 0.3 is 0 Å². The van der Waals surface area contributed by atoms with Crippen molar-refractivity contribution in [1.82, 2.24) is 10.7 Å². The first-order valence-electron chi connectivity index (χ1n) is 5.52. The van der Waals surface area contributed by atoms with Crippen LogP contribution in [0.1, 0.15) is 12.5 Å². The first kappa shape index (κ1) is 11.4. The van der Waals surface area contributed by atoms with Crippen LogP contribution in [0.25, 0.3) is 0 Å². The third kappa shape index (κ3) is 2.96. The maximum atomic E-state index is 5.11. The normalized spacial score (nSPS) is 15.2. The van der Waals surface area contributed by atoms with Gasteiger partial charge in [0, 0.05) is 6.54 Å². The Morgan fingerprint density at radius 2 is 2.18 bits per heavy atom. The summed E-state index contributed by atoms with van der Waals surface area (Å²) in [4.78, 5) is 4.20. The first-order chi connectivity index (χ1) is 8.29. The number of methoxy groups -OCH3 is 1. The molecular weight excluding hydrogens is 216 g/mol. The van der Waals surface area contributed by atoms with Crippen molar-refractivity contribution in [2.75, 3.05) is 20.2 Å². The average Bonchev–Trinajstić information content (AvgIpc) is 2.89. The number of aliphatic imine (C=N–C) groups is 1. The van der Waals surface area contributed by atoms with Crippen LogP contribution in [-0.2, 0) is 0 Å². The minimum atomic E-state index is 0.734. The second-order valence-electron chi connectivity index (χ2n) is 3.69.